The lowest BCUT2D eigenvalue weighted by atomic mass is 10.0. The van der Waals surface area contributed by atoms with Crippen molar-refractivity contribution < 1.29 is 4.74 Å². The minimum absolute atomic E-state index is 0.0415. The maximum atomic E-state index is 6.12. The topological polar surface area (TPSA) is 47.0 Å². The number of ether oxygens (including phenoxy) is 1. The van der Waals surface area contributed by atoms with Crippen LogP contribution in [0, 0.1) is 0 Å². The molecule has 17 heavy (non-hydrogen) atoms. The molecule has 1 N–H and O–H groups in total. The van der Waals surface area contributed by atoms with Crippen molar-refractivity contribution in [2.45, 2.75) is 38.6 Å². The van der Waals surface area contributed by atoms with E-state index in [1.165, 1.54) is 6.33 Å². The van der Waals surface area contributed by atoms with E-state index in [1.54, 1.807) is 0 Å². The molecule has 0 aliphatic carbocycles. The highest BCUT2D eigenvalue weighted by Gasteiger charge is 2.30. The first-order valence-electron chi connectivity index (χ1n) is 6.00. The molecule has 1 aliphatic rings. The number of rotatable bonds is 4. The summed E-state index contributed by atoms with van der Waals surface area (Å²) in [5, 5.41) is 4.00. The first-order valence-corrected chi connectivity index (χ1v) is 6.38. The average Bonchev–Trinajstić information content (AvgIpc) is 2.70. The van der Waals surface area contributed by atoms with E-state index in [0.717, 1.165) is 37.3 Å². The maximum absolute atomic E-state index is 6.12. The molecule has 0 saturated carbocycles. The predicted molar refractivity (Wildman–Crippen MR) is 68.5 cm³/mol. The molecule has 94 valence electrons. The van der Waals surface area contributed by atoms with E-state index in [0.29, 0.717) is 11.8 Å². The summed E-state index contributed by atoms with van der Waals surface area (Å²) in [5.41, 5.74) is 0.963. The molecule has 1 aliphatic heterocycles. The van der Waals surface area contributed by atoms with Gasteiger partial charge in [0, 0.05) is 12.2 Å². The van der Waals surface area contributed by atoms with Crippen LogP contribution in [0.2, 0.25) is 5.15 Å². The Morgan fingerprint density at radius 1 is 1.53 bits per heavy atom. The van der Waals surface area contributed by atoms with Gasteiger partial charge in [-0.3, -0.25) is 0 Å². The number of anilines is 1. The second-order valence-corrected chi connectivity index (χ2v) is 5.09. The molecule has 1 unspecified atom stereocenters. The molecule has 5 heteroatoms. The summed E-state index contributed by atoms with van der Waals surface area (Å²) in [7, 11) is 0. The third kappa shape index (κ3) is 2.87. The highest BCUT2D eigenvalue weighted by molar-refractivity contribution is 6.30. The van der Waals surface area contributed by atoms with Gasteiger partial charge in [0.25, 0.3) is 0 Å². The molecule has 1 atom stereocenters. The fraction of sp³-hybridized carbons (Fsp3) is 0.667. The van der Waals surface area contributed by atoms with E-state index in [2.05, 4.69) is 29.1 Å². The number of halogens is 1. The maximum Gasteiger partial charge on any atom is 0.137 e. The second kappa shape index (κ2) is 5.19. The zero-order valence-corrected chi connectivity index (χ0v) is 11.0. The van der Waals surface area contributed by atoms with Gasteiger partial charge in [0.2, 0.25) is 0 Å². The minimum Gasteiger partial charge on any atom is -0.379 e. The molecule has 2 heterocycles. The fourth-order valence-electron chi connectivity index (χ4n) is 2.02. The summed E-state index contributed by atoms with van der Waals surface area (Å²) >= 11 is 6.12. The Labute approximate surface area is 107 Å². The first-order chi connectivity index (χ1) is 8.14. The third-order valence-electron chi connectivity index (χ3n) is 3.03. The molecule has 0 amide bonds. The first kappa shape index (κ1) is 12.6. The van der Waals surface area contributed by atoms with Gasteiger partial charge >= 0.3 is 0 Å². The lowest BCUT2D eigenvalue weighted by Crippen LogP contribution is -2.35. The standard InChI is InChI=1S/C12H18ClN3O/c1-3-4-9-10(13)14-8-15-11(9)16-12(2)5-6-17-7-12/h8H,3-7H2,1-2H3,(H,14,15,16). The third-order valence-corrected chi connectivity index (χ3v) is 3.36. The van der Waals surface area contributed by atoms with Gasteiger partial charge in [-0.15, -0.1) is 0 Å². The van der Waals surface area contributed by atoms with Gasteiger partial charge < -0.3 is 10.1 Å². The summed E-state index contributed by atoms with van der Waals surface area (Å²) < 4.78 is 5.42. The Kier molecular flexibility index (Phi) is 3.84. The molecule has 0 radical (unpaired) electrons. The normalized spacial score (nSPS) is 23.9. The van der Waals surface area contributed by atoms with Crippen LogP contribution in [-0.2, 0) is 11.2 Å². The van der Waals surface area contributed by atoms with E-state index in [1.807, 2.05) is 0 Å². The van der Waals surface area contributed by atoms with Crippen molar-refractivity contribution in [1.29, 1.82) is 0 Å². The van der Waals surface area contributed by atoms with Crippen molar-refractivity contribution in [3.05, 3.63) is 17.0 Å². The fourth-order valence-corrected chi connectivity index (χ4v) is 2.25. The van der Waals surface area contributed by atoms with Gasteiger partial charge in [-0.2, -0.15) is 0 Å². The van der Waals surface area contributed by atoms with Crippen molar-refractivity contribution >= 4 is 17.4 Å². The number of nitrogens with zero attached hydrogens (tertiary/aromatic N) is 2. The highest BCUT2D eigenvalue weighted by Crippen LogP contribution is 2.27. The molecule has 1 fully saturated rings. The molecular weight excluding hydrogens is 238 g/mol. The van der Waals surface area contributed by atoms with E-state index >= 15 is 0 Å². The van der Waals surface area contributed by atoms with Crippen LogP contribution in [0.3, 0.4) is 0 Å². The van der Waals surface area contributed by atoms with E-state index in [4.69, 9.17) is 16.3 Å². The van der Waals surface area contributed by atoms with Crippen LogP contribution in [0.5, 0.6) is 0 Å². The Balaban J connectivity index is 2.22. The minimum atomic E-state index is -0.0415. The molecular formula is C12H18ClN3O. The quantitative estimate of drug-likeness (QED) is 0.841. The SMILES string of the molecule is CCCc1c(Cl)ncnc1NC1(C)CCOC1. The smallest absolute Gasteiger partial charge is 0.137 e. The summed E-state index contributed by atoms with van der Waals surface area (Å²) in [5.74, 6) is 0.847. The largest absolute Gasteiger partial charge is 0.379 e. The van der Waals surface area contributed by atoms with Gasteiger partial charge in [0.15, 0.2) is 0 Å². The van der Waals surface area contributed by atoms with Crippen LogP contribution < -0.4 is 5.32 Å². The van der Waals surface area contributed by atoms with Crippen molar-refractivity contribution in [3.8, 4) is 0 Å². The number of hydrogen-bond donors (Lipinski definition) is 1. The van der Waals surface area contributed by atoms with Crippen LogP contribution >= 0.6 is 11.6 Å². The monoisotopic (exact) mass is 255 g/mol. The molecule has 0 aromatic carbocycles. The Morgan fingerprint density at radius 2 is 2.35 bits per heavy atom. The van der Waals surface area contributed by atoms with Crippen LogP contribution in [0.15, 0.2) is 6.33 Å². The molecule has 4 nitrogen and oxygen atoms in total. The predicted octanol–water partition coefficient (Wildman–Crippen LogP) is 2.67. The second-order valence-electron chi connectivity index (χ2n) is 4.73. The van der Waals surface area contributed by atoms with E-state index in [-0.39, 0.29) is 5.54 Å². The van der Waals surface area contributed by atoms with Crippen molar-refractivity contribution in [3.63, 3.8) is 0 Å². The molecule has 1 saturated heterocycles. The summed E-state index contributed by atoms with van der Waals surface area (Å²) in [6, 6.07) is 0. The number of aromatic nitrogens is 2. The van der Waals surface area contributed by atoms with Gasteiger partial charge in [0.05, 0.1) is 12.1 Å². The zero-order chi connectivity index (χ0) is 12.3. The van der Waals surface area contributed by atoms with Crippen LogP contribution in [-0.4, -0.2) is 28.7 Å². The van der Waals surface area contributed by atoms with Crippen molar-refractivity contribution in [2.24, 2.45) is 0 Å². The Bertz CT molecular complexity index is 391. The van der Waals surface area contributed by atoms with E-state index in [9.17, 15) is 0 Å². The average molecular weight is 256 g/mol. The zero-order valence-electron chi connectivity index (χ0n) is 10.3. The summed E-state index contributed by atoms with van der Waals surface area (Å²) in [4.78, 5) is 8.34. The molecule has 0 bridgehead atoms. The lowest BCUT2D eigenvalue weighted by Gasteiger charge is -2.25. The highest BCUT2D eigenvalue weighted by atomic mass is 35.5. The van der Waals surface area contributed by atoms with E-state index < -0.39 is 0 Å². The Morgan fingerprint density at radius 3 is 3.00 bits per heavy atom. The number of hydrogen-bond acceptors (Lipinski definition) is 4. The summed E-state index contributed by atoms with van der Waals surface area (Å²) in [6.45, 7) is 5.77. The van der Waals surface area contributed by atoms with Crippen molar-refractivity contribution in [1.82, 2.24) is 9.97 Å². The van der Waals surface area contributed by atoms with Gasteiger partial charge in [-0.25, -0.2) is 9.97 Å². The van der Waals surface area contributed by atoms with Gasteiger partial charge in [0.1, 0.15) is 17.3 Å². The van der Waals surface area contributed by atoms with Gasteiger partial charge in [-0.1, -0.05) is 24.9 Å². The van der Waals surface area contributed by atoms with Crippen molar-refractivity contribution in [2.75, 3.05) is 18.5 Å². The summed E-state index contributed by atoms with van der Waals surface area (Å²) in [6.07, 6.45) is 4.40. The van der Waals surface area contributed by atoms with Gasteiger partial charge in [-0.05, 0) is 19.8 Å². The Hall–Kier alpha value is -0.870. The molecule has 1 aromatic heterocycles. The van der Waals surface area contributed by atoms with Crippen LogP contribution in [0.4, 0.5) is 5.82 Å². The van der Waals surface area contributed by atoms with Crippen LogP contribution in [0.25, 0.3) is 0 Å². The molecule has 1 aromatic rings. The lowest BCUT2D eigenvalue weighted by molar-refractivity contribution is 0.185. The van der Waals surface area contributed by atoms with Crippen LogP contribution in [0.1, 0.15) is 32.3 Å². The number of nitrogens with one attached hydrogen (secondary N) is 1. The molecule has 2 rings (SSSR count). The molecule has 0 spiro atoms.